The van der Waals surface area contributed by atoms with E-state index >= 15 is 0 Å². The van der Waals surface area contributed by atoms with Gasteiger partial charge in [-0.25, -0.2) is 0 Å². The molecule has 1 spiro atoms. The Morgan fingerprint density at radius 3 is 2.82 bits per heavy atom. The molecule has 1 aromatic carbocycles. The lowest BCUT2D eigenvalue weighted by Gasteiger charge is -2.23. The van der Waals surface area contributed by atoms with E-state index < -0.39 is 11.3 Å². The number of aryl methyl sites for hydroxylation is 1. The van der Waals surface area contributed by atoms with Crippen molar-refractivity contribution < 1.29 is 18.8 Å². The van der Waals surface area contributed by atoms with Crippen LogP contribution < -0.4 is 10.6 Å². The summed E-state index contributed by atoms with van der Waals surface area (Å²) >= 11 is 0. The van der Waals surface area contributed by atoms with Crippen molar-refractivity contribution in [1.82, 2.24) is 15.1 Å². The number of amides is 3. The Morgan fingerprint density at radius 2 is 2.07 bits per heavy atom. The minimum absolute atomic E-state index is 0.0618. The van der Waals surface area contributed by atoms with Crippen molar-refractivity contribution in [2.75, 3.05) is 24.5 Å². The van der Waals surface area contributed by atoms with Gasteiger partial charge in [-0.15, -0.1) is 10.2 Å². The number of primary amides is 1. The highest BCUT2D eigenvalue weighted by atomic mass is 16.4. The van der Waals surface area contributed by atoms with Gasteiger partial charge in [0.05, 0.1) is 5.41 Å². The maximum atomic E-state index is 13.2. The Morgan fingerprint density at radius 1 is 1.29 bits per heavy atom. The maximum absolute atomic E-state index is 13.2. The molecule has 9 heteroatoms. The first-order valence-electron chi connectivity index (χ1n) is 9.27. The Bertz CT molecular complexity index is 955. The molecular weight excluding hydrogens is 362 g/mol. The molecule has 146 valence electrons. The average Bonchev–Trinajstić information content (AvgIpc) is 3.37. The average molecular weight is 383 g/mol. The van der Waals surface area contributed by atoms with E-state index in [0.29, 0.717) is 31.0 Å². The number of anilines is 1. The van der Waals surface area contributed by atoms with Crippen molar-refractivity contribution in [3.63, 3.8) is 0 Å². The van der Waals surface area contributed by atoms with Crippen LogP contribution in [-0.2, 0) is 21.4 Å². The molecule has 0 bridgehead atoms. The van der Waals surface area contributed by atoms with E-state index in [0.717, 1.165) is 12.0 Å². The maximum Gasteiger partial charge on any atom is 0.311 e. The van der Waals surface area contributed by atoms with Crippen LogP contribution in [0.3, 0.4) is 0 Å². The van der Waals surface area contributed by atoms with Crippen LogP contribution in [0.1, 0.15) is 41.9 Å². The molecule has 1 aromatic heterocycles. The number of nitrogens with two attached hydrogens (primary N) is 1. The highest BCUT2D eigenvalue weighted by Gasteiger charge is 2.55. The van der Waals surface area contributed by atoms with Crippen molar-refractivity contribution in [3.05, 3.63) is 41.6 Å². The highest BCUT2D eigenvalue weighted by molar-refractivity contribution is 6.11. The molecule has 0 unspecified atom stereocenters. The van der Waals surface area contributed by atoms with Crippen LogP contribution >= 0.6 is 0 Å². The molecule has 4 rings (SSSR count). The molecule has 9 nitrogen and oxygen atoms in total. The minimum atomic E-state index is -0.881. The lowest BCUT2D eigenvalue weighted by Crippen LogP contribution is -2.45. The molecule has 0 aliphatic carbocycles. The first-order valence-corrected chi connectivity index (χ1v) is 9.27. The SMILES string of the molecule is CCCc1nnc(C(=O)N2CC[C@@]3(C2)C(=O)N(CC(N)=O)c2ccccc23)o1. The first-order chi connectivity index (χ1) is 13.5. The number of carbonyl (C=O) groups is 3. The number of likely N-dealkylation sites (tertiary alicyclic amines) is 1. The predicted octanol–water partition coefficient (Wildman–Crippen LogP) is 0.638. The molecule has 0 saturated carbocycles. The van der Waals surface area contributed by atoms with Crippen LogP contribution in [0.5, 0.6) is 0 Å². The number of fused-ring (bicyclic) bond motifs is 2. The predicted molar refractivity (Wildman–Crippen MR) is 98.5 cm³/mol. The highest BCUT2D eigenvalue weighted by Crippen LogP contribution is 2.47. The Labute approximate surface area is 161 Å². The monoisotopic (exact) mass is 383 g/mol. The van der Waals surface area contributed by atoms with E-state index in [1.807, 2.05) is 25.1 Å². The van der Waals surface area contributed by atoms with Crippen LogP contribution in [-0.4, -0.2) is 52.5 Å². The van der Waals surface area contributed by atoms with Crippen molar-refractivity contribution in [2.45, 2.75) is 31.6 Å². The molecule has 2 aliphatic rings. The second-order valence-electron chi connectivity index (χ2n) is 7.18. The normalized spacial score (nSPS) is 20.8. The topological polar surface area (TPSA) is 123 Å². The number of hydrogen-bond donors (Lipinski definition) is 1. The van der Waals surface area contributed by atoms with Gasteiger partial charge in [0.2, 0.25) is 17.7 Å². The summed E-state index contributed by atoms with van der Waals surface area (Å²) < 4.78 is 5.45. The summed E-state index contributed by atoms with van der Waals surface area (Å²) in [5, 5.41) is 7.74. The summed E-state index contributed by atoms with van der Waals surface area (Å²) in [5.74, 6) is -0.811. The van der Waals surface area contributed by atoms with Crippen LogP contribution in [0.25, 0.3) is 0 Å². The zero-order valence-electron chi connectivity index (χ0n) is 15.6. The molecule has 1 saturated heterocycles. The van der Waals surface area contributed by atoms with Crippen molar-refractivity contribution in [3.8, 4) is 0 Å². The molecule has 0 radical (unpaired) electrons. The van der Waals surface area contributed by atoms with E-state index in [1.165, 1.54) is 4.90 Å². The van der Waals surface area contributed by atoms with Gasteiger partial charge in [-0.1, -0.05) is 25.1 Å². The molecule has 3 amide bonds. The molecule has 1 atom stereocenters. The number of para-hydroxylation sites is 1. The van der Waals surface area contributed by atoms with Gasteiger partial charge in [0.15, 0.2) is 0 Å². The summed E-state index contributed by atoms with van der Waals surface area (Å²) in [6, 6.07) is 7.32. The van der Waals surface area contributed by atoms with Gasteiger partial charge in [-0.3, -0.25) is 14.4 Å². The summed E-state index contributed by atoms with van der Waals surface area (Å²) in [4.78, 5) is 40.5. The Balaban J connectivity index is 1.62. The third-order valence-corrected chi connectivity index (χ3v) is 5.35. The molecule has 2 aliphatic heterocycles. The first kappa shape index (κ1) is 18.1. The fourth-order valence-corrected chi connectivity index (χ4v) is 4.08. The van der Waals surface area contributed by atoms with Crippen LogP contribution in [0.15, 0.2) is 28.7 Å². The summed E-state index contributed by atoms with van der Waals surface area (Å²) in [5.41, 5.74) is 5.93. The van der Waals surface area contributed by atoms with Gasteiger partial charge < -0.3 is 20.0 Å². The lowest BCUT2D eigenvalue weighted by molar-refractivity contribution is -0.125. The van der Waals surface area contributed by atoms with E-state index in [-0.39, 0.29) is 30.8 Å². The van der Waals surface area contributed by atoms with E-state index in [4.69, 9.17) is 10.2 Å². The molecule has 28 heavy (non-hydrogen) atoms. The fourth-order valence-electron chi connectivity index (χ4n) is 4.08. The number of nitrogens with zero attached hydrogens (tertiary/aromatic N) is 4. The zero-order chi connectivity index (χ0) is 19.9. The van der Waals surface area contributed by atoms with Crippen LogP contribution in [0.2, 0.25) is 0 Å². The quantitative estimate of drug-likeness (QED) is 0.808. The summed E-state index contributed by atoms with van der Waals surface area (Å²) in [7, 11) is 0. The zero-order valence-corrected chi connectivity index (χ0v) is 15.6. The molecule has 3 heterocycles. The third kappa shape index (κ3) is 2.74. The molecule has 2 N–H and O–H groups in total. The third-order valence-electron chi connectivity index (χ3n) is 5.35. The Kier molecular flexibility index (Phi) is 4.37. The number of rotatable bonds is 5. The fraction of sp³-hybridized carbons (Fsp3) is 0.421. The molecule has 1 fully saturated rings. The van der Waals surface area contributed by atoms with Gasteiger partial charge >= 0.3 is 11.8 Å². The van der Waals surface area contributed by atoms with E-state index in [2.05, 4.69) is 10.2 Å². The van der Waals surface area contributed by atoms with Gasteiger partial charge in [-0.05, 0) is 24.5 Å². The summed E-state index contributed by atoms with van der Waals surface area (Å²) in [6.07, 6.45) is 1.90. The number of benzene rings is 1. The van der Waals surface area contributed by atoms with Gasteiger partial charge in [0.25, 0.3) is 0 Å². The largest absolute Gasteiger partial charge is 0.417 e. The van der Waals surface area contributed by atoms with Crippen molar-refractivity contribution in [2.24, 2.45) is 5.73 Å². The summed E-state index contributed by atoms with van der Waals surface area (Å²) in [6.45, 7) is 2.38. The van der Waals surface area contributed by atoms with Crippen LogP contribution in [0, 0.1) is 0 Å². The number of aromatic nitrogens is 2. The molecule has 2 aromatic rings. The van der Waals surface area contributed by atoms with Gasteiger partial charge in [-0.2, -0.15) is 0 Å². The lowest BCUT2D eigenvalue weighted by atomic mass is 9.81. The number of hydrogen-bond acceptors (Lipinski definition) is 6. The Hall–Kier alpha value is -3.23. The number of carbonyl (C=O) groups excluding carboxylic acids is 3. The van der Waals surface area contributed by atoms with Crippen LogP contribution in [0.4, 0.5) is 5.69 Å². The van der Waals surface area contributed by atoms with Crippen molar-refractivity contribution >= 4 is 23.4 Å². The van der Waals surface area contributed by atoms with E-state index in [9.17, 15) is 14.4 Å². The second kappa shape index (κ2) is 6.74. The van der Waals surface area contributed by atoms with E-state index in [1.54, 1.807) is 11.0 Å². The van der Waals surface area contributed by atoms with Crippen molar-refractivity contribution in [1.29, 1.82) is 0 Å². The van der Waals surface area contributed by atoms with Gasteiger partial charge in [0.1, 0.15) is 6.54 Å². The molecular formula is C19H21N5O4. The second-order valence-corrected chi connectivity index (χ2v) is 7.18. The standard InChI is InChI=1S/C19H21N5O4/c1-2-5-15-21-22-16(28-15)17(26)23-9-8-19(11-23)12-6-3-4-7-13(12)24(18(19)27)10-14(20)25/h3-4,6-7H,2,5,8-11H2,1H3,(H2,20,25)/t19-/m0/s1. The van der Waals surface area contributed by atoms with Gasteiger partial charge in [0, 0.05) is 25.2 Å². The smallest absolute Gasteiger partial charge is 0.311 e. The minimum Gasteiger partial charge on any atom is -0.417 e.